The van der Waals surface area contributed by atoms with Gasteiger partial charge in [-0.3, -0.25) is 9.59 Å². The zero-order valence-electron chi connectivity index (χ0n) is 17.7. The molecule has 0 aliphatic heterocycles. The van der Waals surface area contributed by atoms with Crippen LogP contribution in [0.15, 0.2) is 48.5 Å². The minimum Gasteiger partial charge on any atom is -0.484 e. The second-order valence-electron chi connectivity index (χ2n) is 7.58. The first-order chi connectivity index (χ1) is 14.6. The van der Waals surface area contributed by atoms with Crippen LogP contribution in [-0.4, -0.2) is 36.7 Å². The Balaban J connectivity index is 1.81. The second-order valence-corrected chi connectivity index (χ2v) is 8.02. The number of carbonyl (C=O) groups excluding carboxylic acids is 3. The number of amides is 3. The summed E-state index contributed by atoms with van der Waals surface area (Å²) >= 11 is 5.81. The highest BCUT2D eigenvalue weighted by Gasteiger charge is 2.17. The number of halogens is 1. The summed E-state index contributed by atoms with van der Waals surface area (Å²) in [6.07, 6.45) is -0.677. The molecule has 9 heteroatoms. The van der Waals surface area contributed by atoms with Crippen molar-refractivity contribution in [3.05, 3.63) is 59.1 Å². The van der Waals surface area contributed by atoms with E-state index in [9.17, 15) is 14.4 Å². The third kappa shape index (κ3) is 9.39. The molecule has 2 aromatic rings. The number of carbonyl (C=O) groups is 3. The lowest BCUT2D eigenvalue weighted by atomic mass is 10.1. The zero-order chi connectivity index (χ0) is 22.9. The predicted octanol–water partition coefficient (Wildman–Crippen LogP) is 3.50. The lowest BCUT2D eigenvalue weighted by Crippen LogP contribution is -2.37. The number of benzene rings is 2. The Bertz CT molecular complexity index is 910. The molecule has 2 aromatic carbocycles. The van der Waals surface area contributed by atoms with Gasteiger partial charge in [0.05, 0.1) is 0 Å². The van der Waals surface area contributed by atoms with E-state index in [-0.39, 0.29) is 25.6 Å². The maximum atomic E-state index is 12.2. The maximum Gasteiger partial charge on any atom is 0.408 e. The molecule has 0 saturated carbocycles. The van der Waals surface area contributed by atoms with Gasteiger partial charge in [-0.05, 0) is 56.7 Å². The van der Waals surface area contributed by atoms with Crippen molar-refractivity contribution in [2.75, 3.05) is 18.5 Å². The van der Waals surface area contributed by atoms with Crippen molar-refractivity contribution in [3.8, 4) is 5.75 Å². The number of nitrogens with one attached hydrogen (secondary N) is 3. The topological polar surface area (TPSA) is 106 Å². The standard InChI is InChI=1S/C22H26ClN3O5/c1-22(2,3)31-21(29)25-13-19(27)26-18-7-5-4-6-15(18)12-24-20(28)14-30-17-10-8-16(23)9-11-17/h4-11H,12-14H2,1-3H3,(H,24,28)(H,25,29)(H,26,27). The Hall–Kier alpha value is -3.26. The molecular weight excluding hydrogens is 422 g/mol. The van der Waals surface area contributed by atoms with Gasteiger partial charge < -0.3 is 25.4 Å². The first kappa shape index (κ1) is 24.0. The van der Waals surface area contributed by atoms with Crippen LogP contribution < -0.4 is 20.7 Å². The fraction of sp³-hybridized carbons (Fsp3) is 0.318. The minimum absolute atomic E-state index is 0.157. The molecule has 8 nitrogen and oxygen atoms in total. The monoisotopic (exact) mass is 447 g/mol. The summed E-state index contributed by atoms with van der Waals surface area (Å²) in [5.74, 6) is -0.205. The zero-order valence-corrected chi connectivity index (χ0v) is 18.4. The van der Waals surface area contributed by atoms with Gasteiger partial charge >= 0.3 is 6.09 Å². The number of ether oxygens (including phenoxy) is 2. The molecule has 0 radical (unpaired) electrons. The molecule has 3 amide bonds. The third-order valence-electron chi connectivity index (χ3n) is 3.74. The molecule has 0 fully saturated rings. The molecule has 0 spiro atoms. The Kier molecular flexibility index (Phi) is 8.69. The summed E-state index contributed by atoms with van der Waals surface area (Å²) < 4.78 is 10.5. The van der Waals surface area contributed by atoms with E-state index >= 15 is 0 Å². The van der Waals surface area contributed by atoms with E-state index < -0.39 is 17.6 Å². The average molecular weight is 448 g/mol. The first-order valence-electron chi connectivity index (χ1n) is 9.62. The number of hydrogen-bond donors (Lipinski definition) is 3. The maximum absolute atomic E-state index is 12.2. The van der Waals surface area contributed by atoms with Gasteiger partial charge in [0.25, 0.3) is 5.91 Å². The van der Waals surface area contributed by atoms with Gasteiger partial charge in [0.2, 0.25) is 5.91 Å². The van der Waals surface area contributed by atoms with Gasteiger partial charge in [-0.2, -0.15) is 0 Å². The van der Waals surface area contributed by atoms with Gasteiger partial charge in [-0.15, -0.1) is 0 Å². The van der Waals surface area contributed by atoms with E-state index in [1.54, 1.807) is 69.3 Å². The Labute approximate surface area is 186 Å². The highest BCUT2D eigenvalue weighted by Crippen LogP contribution is 2.16. The van der Waals surface area contributed by atoms with Gasteiger partial charge in [0, 0.05) is 17.3 Å². The molecule has 0 heterocycles. The Morgan fingerprint density at radius 3 is 2.29 bits per heavy atom. The summed E-state index contributed by atoms with van der Waals surface area (Å²) in [5, 5.41) is 8.43. The molecule has 0 bridgehead atoms. The van der Waals surface area contributed by atoms with Crippen LogP contribution in [0.4, 0.5) is 10.5 Å². The summed E-state index contributed by atoms with van der Waals surface area (Å²) in [5.41, 5.74) is 0.577. The summed E-state index contributed by atoms with van der Waals surface area (Å²) in [6.45, 7) is 4.99. The molecule has 0 saturated heterocycles. The second kappa shape index (κ2) is 11.2. The molecule has 0 atom stereocenters. The molecule has 166 valence electrons. The highest BCUT2D eigenvalue weighted by molar-refractivity contribution is 6.30. The quantitative estimate of drug-likeness (QED) is 0.574. The fourth-order valence-electron chi connectivity index (χ4n) is 2.38. The third-order valence-corrected chi connectivity index (χ3v) is 4.00. The number of anilines is 1. The van der Waals surface area contributed by atoms with Crippen LogP contribution in [0.25, 0.3) is 0 Å². The molecule has 0 unspecified atom stereocenters. The molecule has 3 N–H and O–H groups in total. The SMILES string of the molecule is CC(C)(C)OC(=O)NCC(=O)Nc1ccccc1CNC(=O)COc1ccc(Cl)cc1. The van der Waals surface area contributed by atoms with Crippen molar-refractivity contribution in [1.82, 2.24) is 10.6 Å². The van der Waals surface area contributed by atoms with E-state index in [1.807, 2.05) is 0 Å². The number of alkyl carbamates (subject to hydrolysis) is 1. The van der Waals surface area contributed by atoms with Gasteiger partial charge in [0.15, 0.2) is 6.61 Å². The predicted molar refractivity (Wildman–Crippen MR) is 118 cm³/mol. The first-order valence-corrected chi connectivity index (χ1v) is 10.00. The van der Waals surface area contributed by atoms with Crippen LogP contribution in [0.1, 0.15) is 26.3 Å². The normalized spacial score (nSPS) is 10.7. The van der Waals surface area contributed by atoms with Crippen LogP contribution in [0.3, 0.4) is 0 Å². The number of para-hydroxylation sites is 1. The number of rotatable bonds is 8. The van der Waals surface area contributed by atoms with Gasteiger partial charge in [-0.1, -0.05) is 29.8 Å². The van der Waals surface area contributed by atoms with E-state index in [4.69, 9.17) is 21.1 Å². The van der Waals surface area contributed by atoms with E-state index in [0.717, 1.165) is 0 Å². The molecule has 0 aliphatic carbocycles. The lowest BCUT2D eigenvalue weighted by molar-refractivity contribution is -0.123. The van der Waals surface area contributed by atoms with E-state index in [1.165, 1.54) is 0 Å². The summed E-state index contributed by atoms with van der Waals surface area (Å²) in [6, 6.07) is 13.7. The van der Waals surface area contributed by atoms with Gasteiger partial charge in [-0.25, -0.2) is 4.79 Å². The minimum atomic E-state index is -0.677. The van der Waals surface area contributed by atoms with Crippen LogP contribution >= 0.6 is 11.6 Å². The van der Waals surface area contributed by atoms with Crippen LogP contribution in [0.5, 0.6) is 5.75 Å². The van der Waals surface area contributed by atoms with Gasteiger partial charge in [0.1, 0.15) is 17.9 Å². The largest absolute Gasteiger partial charge is 0.484 e. The fourth-order valence-corrected chi connectivity index (χ4v) is 2.51. The van der Waals surface area contributed by atoms with Crippen molar-refractivity contribution in [2.24, 2.45) is 0 Å². The smallest absolute Gasteiger partial charge is 0.408 e. The molecule has 0 aliphatic rings. The molecule has 31 heavy (non-hydrogen) atoms. The Morgan fingerprint density at radius 2 is 1.61 bits per heavy atom. The summed E-state index contributed by atoms with van der Waals surface area (Å²) in [4.78, 5) is 35.9. The van der Waals surface area contributed by atoms with Crippen LogP contribution in [-0.2, 0) is 20.9 Å². The van der Waals surface area contributed by atoms with Crippen molar-refractivity contribution in [2.45, 2.75) is 32.9 Å². The van der Waals surface area contributed by atoms with E-state index in [0.29, 0.717) is 22.0 Å². The van der Waals surface area contributed by atoms with Crippen molar-refractivity contribution in [1.29, 1.82) is 0 Å². The van der Waals surface area contributed by atoms with Crippen molar-refractivity contribution >= 4 is 35.2 Å². The van der Waals surface area contributed by atoms with Crippen LogP contribution in [0, 0.1) is 0 Å². The molecule has 0 aromatic heterocycles. The summed E-state index contributed by atoms with van der Waals surface area (Å²) in [7, 11) is 0. The van der Waals surface area contributed by atoms with Crippen molar-refractivity contribution in [3.63, 3.8) is 0 Å². The molecular formula is C22H26ClN3O5. The number of hydrogen-bond acceptors (Lipinski definition) is 5. The Morgan fingerprint density at radius 1 is 0.935 bits per heavy atom. The van der Waals surface area contributed by atoms with Crippen LogP contribution in [0.2, 0.25) is 5.02 Å². The highest BCUT2D eigenvalue weighted by atomic mass is 35.5. The average Bonchev–Trinajstić information content (AvgIpc) is 2.70. The van der Waals surface area contributed by atoms with Crippen molar-refractivity contribution < 1.29 is 23.9 Å². The molecule has 2 rings (SSSR count). The lowest BCUT2D eigenvalue weighted by Gasteiger charge is -2.19. The van der Waals surface area contributed by atoms with E-state index in [2.05, 4.69) is 16.0 Å².